The predicted molar refractivity (Wildman–Crippen MR) is 114 cm³/mol. The average Bonchev–Trinajstić information content (AvgIpc) is 3.12. The molecule has 1 aromatic carbocycles. The van der Waals surface area contributed by atoms with E-state index in [0.717, 1.165) is 82.2 Å². The first kappa shape index (κ1) is 19.0. The molecule has 0 spiro atoms. The minimum absolute atomic E-state index is 0.154. The fourth-order valence-corrected chi connectivity index (χ4v) is 4.48. The van der Waals surface area contributed by atoms with Crippen molar-refractivity contribution in [3.8, 4) is 0 Å². The van der Waals surface area contributed by atoms with Gasteiger partial charge in [0.25, 0.3) is 0 Å². The number of nitrogens with zero attached hydrogens (tertiary/aromatic N) is 5. The van der Waals surface area contributed by atoms with Crippen molar-refractivity contribution >= 4 is 22.9 Å². The molecule has 2 fully saturated rings. The van der Waals surface area contributed by atoms with E-state index in [0.29, 0.717) is 5.91 Å². The highest BCUT2D eigenvalue weighted by atomic mass is 16.2. The van der Waals surface area contributed by atoms with Crippen LogP contribution < -0.4 is 4.90 Å². The fourth-order valence-electron chi connectivity index (χ4n) is 4.48. The van der Waals surface area contributed by atoms with Gasteiger partial charge in [0.15, 0.2) is 0 Å². The first-order chi connectivity index (χ1) is 13.7. The number of imidazole rings is 1. The number of allylic oxidation sites excluding steroid dienone is 1. The summed E-state index contributed by atoms with van der Waals surface area (Å²) in [5, 5.41) is 0. The number of likely N-dealkylation sites (N-methyl/N-ethyl adjacent to an activating group) is 1. The molecule has 2 aliphatic heterocycles. The lowest BCUT2D eigenvalue weighted by molar-refractivity contribution is -0.137. The molecule has 150 valence electrons. The number of anilines is 1. The van der Waals surface area contributed by atoms with Gasteiger partial charge in [-0.15, -0.1) is 6.58 Å². The van der Waals surface area contributed by atoms with E-state index in [-0.39, 0.29) is 5.92 Å². The van der Waals surface area contributed by atoms with Gasteiger partial charge in [-0.05, 0) is 31.5 Å². The summed E-state index contributed by atoms with van der Waals surface area (Å²) < 4.78 is 2.23. The quantitative estimate of drug-likeness (QED) is 0.747. The summed E-state index contributed by atoms with van der Waals surface area (Å²) in [4.78, 5) is 24.7. The number of carbonyl (C=O) groups is 1. The lowest BCUT2D eigenvalue weighted by Gasteiger charge is -2.38. The fraction of sp³-hybridized carbons (Fsp3) is 0.545. The molecule has 6 heteroatoms. The Bertz CT molecular complexity index is 829. The zero-order valence-corrected chi connectivity index (χ0v) is 16.9. The van der Waals surface area contributed by atoms with Gasteiger partial charge < -0.3 is 19.3 Å². The number of piperazine rings is 1. The number of rotatable bonds is 5. The molecule has 0 atom stereocenters. The number of fused-ring (bicyclic) bond motifs is 1. The van der Waals surface area contributed by atoms with Crippen LogP contribution in [-0.2, 0) is 11.3 Å². The van der Waals surface area contributed by atoms with E-state index in [9.17, 15) is 4.79 Å². The van der Waals surface area contributed by atoms with Gasteiger partial charge in [-0.25, -0.2) is 4.98 Å². The van der Waals surface area contributed by atoms with E-state index < -0.39 is 0 Å². The van der Waals surface area contributed by atoms with Gasteiger partial charge in [-0.1, -0.05) is 25.1 Å². The lowest BCUT2D eigenvalue weighted by atomic mass is 9.95. The van der Waals surface area contributed by atoms with Gasteiger partial charge in [-0.2, -0.15) is 0 Å². The third-order valence-corrected chi connectivity index (χ3v) is 6.20. The number of benzene rings is 1. The Kier molecular flexibility index (Phi) is 5.67. The van der Waals surface area contributed by atoms with Crippen molar-refractivity contribution in [2.75, 3.05) is 50.7 Å². The van der Waals surface area contributed by atoms with Crippen molar-refractivity contribution in [1.29, 1.82) is 0 Å². The number of aromatic nitrogens is 2. The molecule has 0 unspecified atom stereocenters. The highest BCUT2D eigenvalue weighted by Gasteiger charge is 2.31. The van der Waals surface area contributed by atoms with Crippen LogP contribution in [0.2, 0.25) is 0 Å². The van der Waals surface area contributed by atoms with Crippen molar-refractivity contribution in [2.24, 2.45) is 5.92 Å². The number of piperidine rings is 1. The molecule has 2 saturated heterocycles. The van der Waals surface area contributed by atoms with E-state index >= 15 is 0 Å². The summed E-state index contributed by atoms with van der Waals surface area (Å²) in [5.41, 5.74) is 2.16. The lowest BCUT2D eigenvalue weighted by Crippen LogP contribution is -2.51. The zero-order chi connectivity index (χ0) is 19.5. The highest BCUT2D eigenvalue weighted by Crippen LogP contribution is 2.28. The van der Waals surface area contributed by atoms with E-state index in [1.807, 2.05) is 12.1 Å². The van der Waals surface area contributed by atoms with Crippen LogP contribution in [0.1, 0.15) is 19.8 Å². The maximum atomic E-state index is 13.0. The average molecular weight is 382 g/mol. The predicted octanol–water partition coefficient (Wildman–Crippen LogP) is 2.60. The van der Waals surface area contributed by atoms with Gasteiger partial charge in [0, 0.05) is 51.7 Å². The van der Waals surface area contributed by atoms with Crippen molar-refractivity contribution in [1.82, 2.24) is 19.4 Å². The van der Waals surface area contributed by atoms with Crippen molar-refractivity contribution in [2.45, 2.75) is 26.3 Å². The van der Waals surface area contributed by atoms with Crippen LogP contribution in [0, 0.1) is 5.92 Å². The largest absolute Gasteiger partial charge is 0.342 e. The molecule has 3 heterocycles. The number of hydrogen-bond acceptors (Lipinski definition) is 4. The first-order valence-electron chi connectivity index (χ1n) is 10.5. The summed E-state index contributed by atoms with van der Waals surface area (Å²) in [6, 6.07) is 8.25. The third-order valence-electron chi connectivity index (χ3n) is 6.20. The molecule has 1 amide bonds. The molecule has 0 bridgehead atoms. The molecule has 0 saturated carbocycles. The van der Waals surface area contributed by atoms with Gasteiger partial charge in [0.1, 0.15) is 0 Å². The van der Waals surface area contributed by atoms with Crippen molar-refractivity contribution in [3.63, 3.8) is 0 Å². The molecular formula is C22H31N5O. The van der Waals surface area contributed by atoms with Crippen molar-refractivity contribution < 1.29 is 4.79 Å². The Hall–Kier alpha value is -2.34. The molecule has 4 rings (SSSR count). The van der Waals surface area contributed by atoms with E-state index in [4.69, 9.17) is 4.98 Å². The first-order valence-corrected chi connectivity index (χ1v) is 10.5. The second-order valence-corrected chi connectivity index (χ2v) is 7.82. The second-order valence-electron chi connectivity index (χ2n) is 7.82. The van der Waals surface area contributed by atoms with Crippen molar-refractivity contribution in [3.05, 3.63) is 36.9 Å². The minimum atomic E-state index is 0.154. The number of amides is 1. The van der Waals surface area contributed by atoms with Crippen LogP contribution in [0.25, 0.3) is 11.0 Å². The number of hydrogen-bond donors (Lipinski definition) is 0. The SMILES string of the molecule is C=CCn1c(N2CCC(C(=O)N3CCN(CC)CC3)CC2)nc2ccccc21. The summed E-state index contributed by atoms with van der Waals surface area (Å²) >= 11 is 0. The molecule has 6 nitrogen and oxygen atoms in total. The molecule has 1 aromatic heterocycles. The second kappa shape index (κ2) is 8.35. The smallest absolute Gasteiger partial charge is 0.225 e. The van der Waals surface area contributed by atoms with Crippen LogP contribution in [-0.4, -0.2) is 71.1 Å². The number of para-hydroxylation sites is 2. The monoisotopic (exact) mass is 381 g/mol. The Morgan fingerprint density at radius 3 is 2.54 bits per heavy atom. The van der Waals surface area contributed by atoms with E-state index in [2.05, 4.69) is 51.0 Å². The van der Waals surface area contributed by atoms with Crippen LogP contribution in [0.3, 0.4) is 0 Å². The van der Waals surface area contributed by atoms with Gasteiger partial charge in [0.2, 0.25) is 11.9 Å². The molecule has 0 aliphatic carbocycles. The Morgan fingerprint density at radius 1 is 1.14 bits per heavy atom. The highest BCUT2D eigenvalue weighted by molar-refractivity contribution is 5.80. The van der Waals surface area contributed by atoms with Gasteiger partial charge in [-0.3, -0.25) is 4.79 Å². The molecule has 0 radical (unpaired) electrons. The maximum Gasteiger partial charge on any atom is 0.225 e. The normalized spacial score (nSPS) is 19.3. The third kappa shape index (κ3) is 3.65. The molecule has 28 heavy (non-hydrogen) atoms. The molecular weight excluding hydrogens is 350 g/mol. The molecule has 0 N–H and O–H groups in total. The van der Waals surface area contributed by atoms with E-state index in [1.165, 1.54) is 0 Å². The zero-order valence-electron chi connectivity index (χ0n) is 16.9. The standard InChI is InChI=1S/C22H31N5O/c1-3-11-27-20-8-6-5-7-19(20)23-22(27)26-12-9-18(10-13-26)21(28)25-16-14-24(4-2)15-17-25/h3,5-8,18H,1,4,9-17H2,2H3. The summed E-state index contributed by atoms with van der Waals surface area (Å²) in [6.45, 7) is 13.4. The van der Waals surface area contributed by atoms with Crippen LogP contribution in [0.4, 0.5) is 5.95 Å². The number of carbonyl (C=O) groups excluding carboxylic acids is 1. The van der Waals surface area contributed by atoms with Gasteiger partial charge in [0.05, 0.1) is 11.0 Å². The summed E-state index contributed by atoms with van der Waals surface area (Å²) in [6.07, 6.45) is 3.73. The molecule has 2 aliphatic rings. The Morgan fingerprint density at radius 2 is 1.86 bits per heavy atom. The molecule has 2 aromatic rings. The Labute approximate surface area is 167 Å². The topological polar surface area (TPSA) is 44.6 Å². The van der Waals surface area contributed by atoms with Crippen LogP contribution >= 0.6 is 0 Å². The summed E-state index contributed by atoms with van der Waals surface area (Å²) in [7, 11) is 0. The van der Waals surface area contributed by atoms with Crippen LogP contribution in [0.15, 0.2) is 36.9 Å². The Balaban J connectivity index is 1.42. The van der Waals surface area contributed by atoms with E-state index in [1.54, 1.807) is 0 Å². The van der Waals surface area contributed by atoms with Gasteiger partial charge >= 0.3 is 0 Å². The minimum Gasteiger partial charge on any atom is -0.342 e. The van der Waals surface area contributed by atoms with Crippen LogP contribution in [0.5, 0.6) is 0 Å². The maximum absolute atomic E-state index is 13.0. The summed E-state index contributed by atoms with van der Waals surface area (Å²) in [5.74, 6) is 1.51.